The minimum atomic E-state index is -1.29. The zero-order valence-electron chi connectivity index (χ0n) is 6.42. The molecule has 2 N–H and O–H groups in total. The number of carboxylic acid groups (broad SMARTS) is 2. The van der Waals surface area contributed by atoms with Crippen LogP contribution in [0.4, 0.5) is 0 Å². The summed E-state index contributed by atoms with van der Waals surface area (Å²) >= 11 is 1.87. The van der Waals surface area contributed by atoms with E-state index in [4.69, 9.17) is 10.2 Å². The lowest BCUT2D eigenvalue weighted by atomic mass is 10.2. The summed E-state index contributed by atoms with van der Waals surface area (Å²) in [6, 6.07) is 0. The molecule has 0 aliphatic carbocycles. The van der Waals surface area contributed by atoms with Gasteiger partial charge in [0.15, 0.2) is 0 Å². The van der Waals surface area contributed by atoms with Gasteiger partial charge in [0.1, 0.15) is 20.0 Å². The molecule has 0 aliphatic rings. The number of carboxylic acids is 2. The lowest BCUT2D eigenvalue weighted by Gasteiger charge is -1.90. The van der Waals surface area contributed by atoms with E-state index < -0.39 is 11.9 Å². The Kier molecular flexibility index (Phi) is 1.93. The van der Waals surface area contributed by atoms with E-state index in [0.717, 1.165) is 22.9 Å². The van der Waals surface area contributed by atoms with Crippen LogP contribution >= 0.6 is 22.9 Å². The van der Waals surface area contributed by atoms with E-state index in [1.54, 1.807) is 0 Å². The predicted molar refractivity (Wildman–Crippen MR) is 49.2 cm³/mol. The summed E-state index contributed by atoms with van der Waals surface area (Å²) in [7, 11) is 0. The highest BCUT2D eigenvalue weighted by Crippen LogP contribution is 2.32. The van der Waals surface area contributed by atoms with E-state index in [1.165, 1.54) is 0 Å². The van der Waals surface area contributed by atoms with Gasteiger partial charge in [-0.1, -0.05) is 4.49 Å². The molecule has 8 heteroatoms. The second-order valence-electron chi connectivity index (χ2n) is 2.33. The van der Waals surface area contributed by atoms with Gasteiger partial charge in [0, 0.05) is 0 Å². The highest BCUT2D eigenvalue weighted by molar-refractivity contribution is 7.36. The number of nitrogens with zero attached hydrogens (tertiary/aromatic N) is 2. The first-order chi connectivity index (χ1) is 6.61. The van der Waals surface area contributed by atoms with E-state index in [0.29, 0.717) is 4.01 Å². The van der Waals surface area contributed by atoms with Crippen molar-refractivity contribution in [1.29, 1.82) is 0 Å². The van der Waals surface area contributed by atoms with Crippen LogP contribution in [-0.4, -0.2) is 31.7 Å². The van der Waals surface area contributed by atoms with Crippen molar-refractivity contribution in [2.24, 2.45) is 0 Å². The largest absolute Gasteiger partial charge is 0.478 e. The minimum absolute atomic E-state index is 0.157. The summed E-state index contributed by atoms with van der Waals surface area (Å²) in [6.07, 6.45) is 0. The molecule has 72 valence electrons. The molecule has 2 aromatic heterocycles. The minimum Gasteiger partial charge on any atom is -0.478 e. The molecule has 0 saturated heterocycles. The topological polar surface area (TPSA) is 100 Å². The van der Waals surface area contributed by atoms with Gasteiger partial charge >= 0.3 is 11.9 Å². The molecular formula is C6H2N2O4S2. The number of carbonyl (C=O) groups is 2. The third-order valence-corrected chi connectivity index (χ3v) is 3.48. The number of thiophene rings is 1. The van der Waals surface area contributed by atoms with Crippen molar-refractivity contribution in [1.82, 2.24) is 9.59 Å². The molecule has 0 spiro atoms. The van der Waals surface area contributed by atoms with Crippen molar-refractivity contribution < 1.29 is 19.8 Å². The Morgan fingerprint density at radius 1 is 1.21 bits per heavy atom. The lowest BCUT2D eigenvalue weighted by molar-refractivity contribution is 0.0657. The maximum atomic E-state index is 10.8. The molecule has 0 amide bonds. The Hall–Kier alpha value is -1.54. The standard InChI is InChI=1S/C6H2N2O4S2/c9-4(10)1-2-6(14-8-7-2)13-3(1)5(11)12/h(H,9,10)(H,11,12). The third kappa shape index (κ3) is 1.16. The molecule has 0 bridgehead atoms. The first-order valence-corrected chi connectivity index (χ1v) is 4.91. The average Bonchev–Trinajstić information content (AvgIpc) is 2.58. The Labute approximate surface area is 84.6 Å². The van der Waals surface area contributed by atoms with Crippen LogP contribution in [0.15, 0.2) is 0 Å². The fourth-order valence-electron chi connectivity index (χ4n) is 1.00. The van der Waals surface area contributed by atoms with Crippen LogP contribution in [-0.2, 0) is 0 Å². The number of fused-ring (bicyclic) bond motifs is 1. The van der Waals surface area contributed by atoms with Gasteiger partial charge in [0.05, 0.1) is 0 Å². The molecule has 0 radical (unpaired) electrons. The van der Waals surface area contributed by atoms with Gasteiger partial charge in [-0.05, 0) is 11.5 Å². The fourth-order valence-corrected chi connectivity index (χ4v) is 2.73. The molecule has 0 unspecified atom stereocenters. The highest BCUT2D eigenvalue weighted by atomic mass is 32.2. The Balaban J connectivity index is 2.82. The first kappa shape index (κ1) is 9.03. The van der Waals surface area contributed by atoms with Crippen molar-refractivity contribution >= 4 is 44.3 Å². The quantitative estimate of drug-likeness (QED) is 0.802. The van der Waals surface area contributed by atoms with Gasteiger partial charge in [-0.3, -0.25) is 0 Å². The maximum Gasteiger partial charge on any atom is 0.346 e. The van der Waals surface area contributed by atoms with Gasteiger partial charge in [-0.2, -0.15) is 0 Å². The zero-order valence-corrected chi connectivity index (χ0v) is 8.05. The van der Waals surface area contributed by atoms with Crippen molar-refractivity contribution in [3.8, 4) is 0 Å². The van der Waals surface area contributed by atoms with Crippen molar-refractivity contribution in [2.45, 2.75) is 0 Å². The summed E-state index contributed by atoms with van der Waals surface area (Å²) in [5, 5.41) is 21.1. The number of hydrogen-bond donors (Lipinski definition) is 2. The Morgan fingerprint density at radius 3 is 2.50 bits per heavy atom. The molecule has 0 atom stereocenters. The molecule has 0 saturated carbocycles. The van der Waals surface area contributed by atoms with E-state index >= 15 is 0 Å². The molecule has 2 heterocycles. The van der Waals surface area contributed by atoms with Crippen molar-refractivity contribution in [3.05, 3.63) is 10.4 Å². The van der Waals surface area contributed by atoms with Crippen LogP contribution in [0.5, 0.6) is 0 Å². The summed E-state index contributed by atoms with van der Waals surface area (Å²) in [4.78, 5) is 21.3. The van der Waals surface area contributed by atoms with Crippen LogP contribution in [0.1, 0.15) is 20.0 Å². The second-order valence-corrected chi connectivity index (χ2v) is 4.36. The molecule has 2 aromatic rings. The summed E-state index contributed by atoms with van der Waals surface area (Å²) in [5.41, 5.74) is -0.115. The van der Waals surface area contributed by atoms with Crippen LogP contribution in [0.2, 0.25) is 0 Å². The highest BCUT2D eigenvalue weighted by Gasteiger charge is 2.25. The van der Waals surface area contributed by atoms with Crippen molar-refractivity contribution in [3.63, 3.8) is 0 Å². The average molecular weight is 230 g/mol. The third-order valence-electron chi connectivity index (χ3n) is 1.52. The van der Waals surface area contributed by atoms with Gasteiger partial charge in [0.25, 0.3) is 0 Å². The van der Waals surface area contributed by atoms with Gasteiger partial charge < -0.3 is 10.2 Å². The summed E-state index contributed by atoms with van der Waals surface area (Å²) < 4.78 is 4.06. The first-order valence-electron chi connectivity index (χ1n) is 3.32. The number of rotatable bonds is 2. The molecule has 6 nitrogen and oxygen atoms in total. The normalized spacial score (nSPS) is 10.6. The monoisotopic (exact) mass is 230 g/mol. The smallest absolute Gasteiger partial charge is 0.346 e. The second kappa shape index (κ2) is 3.00. The predicted octanol–water partition coefficient (Wildman–Crippen LogP) is 1.15. The fraction of sp³-hybridized carbons (Fsp3) is 0. The van der Waals surface area contributed by atoms with Crippen LogP contribution in [0.3, 0.4) is 0 Å². The molecule has 14 heavy (non-hydrogen) atoms. The summed E-state index contributed by atoms with van der Waals surface area (Å²) in [6.45, 7) is 0. The van der Waals surface area contributed by atoms with Gasteiger partial charge in [0.2, 0.25) is 0 Å². The molecule has 0 fully saturated rings. The van der Waals surface area contributed by atoms with Gasteiger partial charge in [-0.25, -0.2) is 9.59 Å². The maximum absolute atomic E-state index is 10.8. The molecular weight excluding hydrogens is 228 g/mol. The van der Waals surface area contributed by atoms with E-state index in [-0.39, 0.29) is 16.0 Å². The number of aromatic carboxylic acids is 2. The van der Waals surface area contributed by atoms with E-state index in [1.807, 2.05) is 0 Å². The number of hydrogen-bond acceptors (Lipinski definition) is 6. The van der Waals surface area contributed by atoms with Crippen molar-refractivity contribution in [2.75, 3.05) is 0 Å². The molecule has 0 aliphatic heterocycles. The Bertz CT molecular complexity index is 529. The zero-order chi connectivity index (χ0) is 10.3. The van der Waals surface area contributed by atoms with Gasteiger partial charge in [-0.15, -0.1) is 16.4 Å². The molecule has 2 rings (SSSR count). The SMILES string of the molecule is O=C(O)c1sc2snnc2c1C(=O)O. The molecule has 0 aromatic carbocycles. The summed E-state index contributed by atoms with van der Waals surface area (Å²) in [5.74, 6) is -2.54. The van der Waals surface area contributed by atoms with E-state index in [9.17, 15) is 9.59 Å². The van der Waals surface area contributed by atoms with E-state index in [2.05, 4.69) is 9.59 Å². The number of aromatic nitrogens is 2. The Morgan fingerprint density at radius 2 is 1.93 bits per heavy atom. The van der Waals surface area contributed by atoms with Crippen LogP contribution in [0.25, 0.3) is 9.53 Å². The van der Waals surface area contributed by atoms with Crippen LogP contribution in [0, 0.1) is 0 Å². The van der Waals surface area contributed by atoms with Crippen LogP contribution < -0.4 is 0 Å². The lowest BCUT2D eigenvalue weighted by Crippen LogP contribution is -2.04.